The number of nitrogens with one attached hydrogen (secondary N) is 1. The number of non-ortho nitro benzene ring substituents is 1. The average molecular weight is 394 g/mol. The summed E-state index contributed by atoms with van der Waals surface area (Å²) in [5, 5.41) is 15.3. The number of benzene rings is 1. The summed E-state index contributed by atoms with van der Waals surface area (Å²) in [5.74, 6) is -0.327. The summed E-state index contributed by atoms with van der Waals surface area (Å²) in [7, 11) is 1.78. The van der Waals surface area contributed by atoms with Crippen LogP contribution in [0.1, 0.15) is 16.8 Å². The zero-order valence-electron chi connectivity index (χ0n) is 14.2. The molecule has 0 saturated carbocycles. The molecular formula is C16H18N4O4S2. The molecule has 1 unspecified atom stereocenters. The lowest BCUT2D eigenvalue weighted by Gasteiger charge is -2.15. The van der Waals surface area contributed by atoms with Crippen LogP contribution in [-0.4, -0.2) is 39.4 Å². The number of aryl methyl sites for hydroxylation is 1. The van der Waals surface area contributed by atoms with Crippen LogP contribution in [-0.2, 0) is 11.8 Å². The summed E-state index contributed by atoms with van der Waals surface area (Å²) < 4.78 is 1.72. The van der Waals surface area contributed by atoms with Crippen LogP contribution >= 0.6 is 23.1 Å². The second kappa shape index (κ2) is 9.30. The minimum absolute atomic E-state index is 0.128. The van der Waals surface area contributed by atoms with Gasteiger partial charge in [0.2, 0.25) is 0 Å². The van der Waals surface area contributed by atoms with Gasteiger partial charge in [0.15, 0.2) is 4.80 Å². The molecule has 2 aromatic rings. The van der Waals surface area contributed by atoms with E-state index in [0.29, 0.717) is 17.0 Å². The Morgan fingerprint density at radius 3 is 2.85 bits per heavy atom. The predicted octanol–water partition coefficient (Wildman–Crippen LogP) is 1.97. The standard InChI is InChI=1S/C16H18N4O4S2/c1-19-7-9-26-16(19)18-15(22)13(6-8-25-2)17-14(21)11-4-3-5-12(10-11)20(23)24/h3-5,7,9-10,13H,6,8H2,1-2H3,(H,17,21). The normalized spacial score (nSPS) is 12.6. The third kappa shape index (κ3) is 5.27. The number of rotatable bonds is 7. The van der Waals surface area contributed by atoms with E-state index in [1.807, 2.05) is 11.6 Å². The average Bonchev–Trinajstić information content (AvgIpc) is 3.03. The molecule has 1 heterocycles. The van der Waals surface area contributed by atoms with Crippen molar-refractivity contribution in [3.63, 3.8) is 0 Å². The van der Waals surface area contributed by atoms with Gasteiger partial charge in [0, 0.05) is 36.3 Å². The van der Waals surface area contributed by atoms with E-state index < -0.39 is 22.8 Å². The molecule has 1 aromatic carbocycles. The largest absolute Gasteiger partial charge is 0.340 e. The Kier molecular flexibility index (Phi) is 7.10. The Morgan fingerprint density at radius 1 is 1.46 bits per heavy atom. The molecule has 8 nitrogen and oxygen atoms in total. The van der Waals surface area contributed by atoms with Crippen LogP contribution in [0.3, 0.4) is 0 Å². The van der Waals surface area contributed by atoms with Crippen molar-refractivity contribution in [1.82, 2.24) is 9.88 Å². The molecule has 0 saturated heterocycles. The second-order valence-corrected chi connectivity index (χ2v) is 7.22. The first-order valence-electron chi connectivity index (χ1n) is 7.65. The fourth-order valence-electron chi connectivity index (χ4n) is 2.10. The van der Waals surface area contributed by atoms with Gasteiger partial charge in [0.25, 0.3) is 17.5 Å². The number of nitrogens with zero attached hydrogens (tertiary/aromatic N) is 3. The van der Waals surface area contributed by atoms with Crippen LogP contribution in [0.2, 0.25) is 0 Å². The van der Waals surface area contributed by atoms with E-state index in [9.17, 15) is 19.7 Å². The van der Waals surface area contributed by atoms with Crippen molar-refractivity contribution < 1.29 is 14.5 Å². The second-order valence-electron chi connectivity index (χ2n) is 5.36. The highest BCUT2D eigenvalue weighted by Gasteiger charge is 2.22. The highest BCUT2D eigenvalue weighted by molar-refractivity contribution is 7.98. The van der Waals surface area contributed by atoms with Gasteiger partial charge in [-0.05, 0) is 24.5 Å². The predicted molar refractivity (Wildman–Crippen MR) is 101 cm³/mol. The quantitative estimate of drug-likeness (QED) is 0.571. The summed E-state index contributed by atoms with van der Waals surface area (Å²) in [5.41, 5.74) is -0.0530. The molecule has 1 aromatic heterocycles. The molecule has 26 heavy (non-hydrogen) atoms. The number of nitro benzene ring substituents is 1. The van der Waals surface area contributed by atoms with Crippen LogP contribution < -0.4 is 10.1 Å². The SMILES string of the molecule is CSCCC(NC(=O)c1cccc([N+](=O)[O-])c1)C(=O)N=c1sccn1C. The Bertz CT molecular complexity index is 875. The number of thioether (sulfide) groups is 1. The first-order valence-corrected chi connectivity index (χ1v) is 9.92. The molecule has 0 bridgehead atoms. The lowest BCUT2D eigenvalue weighted by molar-refractivity contribution is -0.384. The van der Waals surface area contributed by atoms with Crippen molar-refractivity contribution in [3.05, 3.63) is 56.3 Å². The third-order valence-electron chi connectivity index (χ3n) is 3.50. The molecule has 0 aliphatic carbocycles. The summed E-state index contributed by atoms with van der Waals surface area (Å²) >= 11 is 2.87. The summed E-state index contributed by atoms with van der Waals surface area (Å²) in [6.45, 7) is 0. The molecule has 138 valence electrons. The number of thiazole rings is 1. The molecule has 1 N–H and O–H groups in total. The van der Waals surface area contributed by atoms with E-state index in [-0.39, 0.29) is 11.3 Å². The smallest absolute Gasteiger partial charge is 0.270 e. The monoisotopic (exact) mass is 394 g/mol. The molecule has 2 rings (SSSR count). The topological polar surface area (TPSA) is 107 Å². The van der Waals surface area contributed by atoms with Crippen molar-refractivity contribution in [2.45, 2.75) is 12.5 Å². The maximum Gasteiger partial charge on any atom is 0.270 e. The summed E-state index contributed by atoms with van der Waals surface area (Å²) in [6.07, 6.45) is 4.11. The van der Waals surface area contributed by atoms with E-state index in [0.717, 1.165) is 0 Å². The molecular weight excluding hydrogens is 376 g/mol. The maximum absolute atomic E-state index is 12.5. The zero-order valence-corrected chi connectivity index (χ0v) is 15.9. The number of carbonyl (C=O) groups excluding carboxylic acids is 2. The van der Waals surface area contributed by atoms with Crippen LogP contribution in [0.25, 0.3) is 0 Å². The van der Waals surface area contributed by atoms with E-state index >= 15 is 0 Å². The number of hydrogen-bond acceptors (Lipinski definition) is 6. The first kappa shape index (κ1) is 19.9. The fourth-order valence-corrected chi connectivity index (χ4v) is 3.31. The Labute approximate surface area is 158 Å². The van der Waals surface area contributed by atoms with Crippen LogP contribution in [0.4, 0.5) is 5.69 Å². The molecule has 0 spiro atoms. The van der Waals surface area contributed by atoms with Gasteiger partial charge in [-0.3, -0.25) is 19.7 Å². The molecule has 0 fully saturated rings. The molecule has 0 aliphatic heterocycles. The molecule has 2 amide bonds. The van der Waals surface area contributed by atoms with Crippen molar-refractivity contribution in [3.8, 4) is 0 Å². The van der Waals surface area contributed by atoms with Gasteiger partial charge in [0.1, 0.15) is 6.04 Å². The van der Waals surface area contributed by atoms with E-state index in [1.165, 1.54) is 35.6 Å². The first-order chi connectivity index (χ1) is 12.4. The van der Waals surface area contributed by atoms with Gasteiger partial charge in [-0.1, -0.05) is 6.07 Å². The van der Waals surface area contributed by atoms with Crippen LogP contribution in [0, 0.1) is 10.1 Å². The molecule has 10 heteroatoms. The highest BCUT2D eigenvalue weighted by atomic mass is 32.2. The molecule has 0 aliphatic rings. The van der Waals surface area contributed by atoms with Gasteiger partial charge in [-0.25, -0.2) is 0 Å². The van der Waals surface area contributed by atoms with Crippen LogP contribution in [0.5, 0.6) is 0 Å². The third-order valence-corrected chi connectivity index (χ3v) is 4.99. The number of nitro groups is 1. The van der Waals surface area contributed by atoms with Gasteiger partial charge < -0.3 is 9.88 Å². The fraction of sp³-hybridized carbons (Fsp3) is 0.312. The lowest BCUT2D eigenvalue weighted by atomic mass is 10.1. The number of aromatic nitrogens is 1. The number of hydrogen-bond donors (Lipinski definition) is 1. The van der Waals surface area contributed by atoms with Crippen molar-refractivity contribution >= 4 is 40.6 Å². The van der Waals surface area contributed by atoms with E-state index in [4.69, 9.17) is 0 Å². The number of amides is 2. The Hall–Kier alpha value is -2.46. The van der Waals surface area contributed by atoms with Gasteiger partial charge >= 0.3 is 0 Å². The van der Waals surface area contributed by atoms with Crippen molar-refractivity contribution in [2.24, 2.45) is 12.0 Å². The Morgan fingerprint density at radius 2 is 2.23 bits per heavy atom. The zero-order chi connectivity index (χ0) is 19.1. The molecule has 0 radical (unpaired) electrons. The van der Waals surface area contributed by atoms with Crippen molar-refractivity contribution in [1.29, 1.82) is 0 Å². The maximum atomic E-state index is 12.5. The summed E-state index contributed by atoms with van der Waals surface area (Å²) in [6, 6.07) is 4.59. The molecule has 1 atom stereocenters. The highest BCUT2D eigenvalue weighted by Crippen LogP contribution is 2.13. The Balaban J connectivity index is 2.20. The van der Waals surface area contributed by atoms with E-state index in [1.54, 1.807) is 29.6 Å². The van der Waals surface area contributed by atoms with Gasteiger partial charge in [-0.15, -0.1) is 11.3 Å². The summed E-state index contributed by atoms with van der Waals surface area (Å²) in [4.78, 5) is 39.8. The van der Waals surface area contributed by atoms with Crippen molar-refractivity contribution in [2.75, 3.05) is 12.0 Å². The minimum atomic E-state index is -0.795. The van der Waals surface area contributed by atoms with E-state index in [2.05, 4.69) is 10.3 Å². The van der Waals surface area contributed by atoms with Crippen LogP contribution in [0.15, 0.2) is 40.8 Å². The lowest BCUT2D eigenvalue weighted by Crippen LogP contribution is -2.41. The number of carbonyl (C=O) groups is 2. The van der Waals surface area contributed by atoms with Gasteiger partial charge in [0.05, 0.1) is 4.92 Å². The van der Waals surface area contributed by atoms with Gasteiger partial charge in [-0.2, -0.15) is 16.8 Å². The minimum Gasteiger partial charge on any atom is -0.340 e.